The van der Waals surface area contributed by atoms with Crippen molar-refractivity contribution in [2.24, 2.45) is 0 Å². The van der Waals surface area contributed by atoms with E-state index in [-0.39, 0.29) is 5.91 Å². The highest BCUT2D eigenvalue weighted by molar-refractivity contribution is 7.99. The second-order valence-corrected chi connectivity index (χ2v) is 6.71. The maximum atomic E-state index is 12.2. The Bertz CT molecular complexity index is 391. The van der Waals surface area contributed by atoms with E-state index in [0.29, 0.717) is 18.9 Å². The Morgan fingerprint density at radius 3 is 3.05 bits per heavy atom. The first kappa shape index (κ1) is 14.5. The summed E-state index contributed by atoms with van der Waals surface area (Å²) in [6.45, 7) is 2.20. The molecule has 0 unspecified atom stereocenters. The molecule has 1 heterocycles. The first-order valence-electron chi connectivity index (χ1n) is 7.10. The van der Waals surface area contributed by atoms with Gasteiger partial charge in [-0.25, -0.2) is 0 Å². The molecule has 3 nitrogen and oxygen atoms in total. The third-order valence-corrected chi connectivity index (χ3v) is 5.10. The van der Waals surface area contributed by atoms with E-state index in [1.807, 2.05) is 35.8 Å². The molecule has 0 bridgehead atoms. The molecule has 0 N–H and O–H groups in total. The highest BCUT2D eigenvalue weighted by atomic mass is 32.2. The van der Waals surface area contributed by atoms with E-state index in [1.165, 1.54) is 12.2 Å². The van der Waals surface area contributed by atoms with Crippen LogP contribution in [0.15, 0.2) is 22.8 Å². The summed E-state index contributed by atoms with van der Waals surface area (Å²) in [6, 6.07) is 4.23. The highest BCUT2D eigenvalue weighted by Crippen LogP contribution is 2.32. The van der Waals surface area contributed by atoms with Crippen LogP contribution in [0.4, 0.5) is 0 Å². The van der Waals surface area contributed by atoms with Crippen molar-refractivity contribution < 1.29 is 9.21 Å². The third kappa shape index (κ3) is 4.03. The van der Waals surface area contributed by atoms with E-state index < -0.39 is 0 Å². The van der Waals surface area contributed by atoms with E-state index >= 15 is 0 Å². The van der Waals surface area contributed by atoms with Gasteiger partial charge in [-0.15, -0.1) is 0 Å². The van der Waals surface area contributed by atoms with Crippen LogP contribution < -0.4 is 0 Å². The number of nitrogens with zero attached hydrogens (tertiary/aromatic N) is 1. The van der Waals surface area contributed by atoms with Gasteiger partial charge in [-0.1, -0.05) is 6.92 Å². The zero-order chi connectivity index (χ0) is 13.7. The van der Waals surface area contributed by atoms with Crippen LogP contribution in [0.5, 0.6) is 0 Å². The van der Waals surface area contributed by atoms with Crippen LogP contribution in [0.25, 0.3) is 0 Å². The maximum absolute atomic E-state index is 12.2. The molecular weight excluding hydrogens is 258 g/mol. The summed E-state index contributed by atoms with van der Waals surface area (Å²) in [7, 11) is 1.95. The predicted molar refractivity (Wildman–Crippen MR) is 79.4 cm³/mol. The molecule has 0 aromatic carbocycles. The van der Waals surface area contributed by atoms with Gasteiger partial charge in [0.2, 0.25) is 5.91 Å². The lowest BCUT2D eigenvalue weighted by Gasteiger charge is -2.24. The van der Waals surface area contributed by atoms with Crippen LogP contribution in [-0.4, -0.2) is 34.9 Å². The zero-order valence-electron chi connectivity index (χ0n) is 11.8. The lowest BCUT2D eigenvalue weighted by atomic mass is 10.2. The maximum Gasteiger partial charge on any atom is 0.223 e. The standard InChI is InChI=1S/C15H23NO2S/c1-3-19-14-8-6-12(11-14)16(2)15(17)9-7-13-5-4-10-18-13/h4-5,10,12,14H,3,6-9,11H2,1-2H3/t12-,14+/m0/s1. The van der Waals surface area contributed by atoms with Gasteiger partial charge in [0, 0.05) is 31.2 Å². The van der Waals surface area contributed by atoms with E-state index in [0.717, 1.165) is 23.9 Å². The molecular formula is C15H23NO2S. The van der Waals surface area contributed by atoms with E-state index in [1.54, 1.807) is 6.26 Å². The Kier molecular flexibility index (Phi) is 5.37. The van der Waals surface area contributed by atoms with Crippen molar-refractivity contribution in [3.8, 4) is 0 Å². The molecule has 106 valence electrons. The molecule has 4 heteroatoms. The zero-order valence-corrected chi connectivity index (χ0v) is 12.6. The molecule has 19 heavy (non-hydrogen) atoms. The van der Waals surface area contributed by atoms with Gasteiger partial charge in [0.1, 0.15) is 5.76 Å². The van der Waals surface area contributed by atoms with Crippen molar-refractivity contribution in [3.05, 3.63) is 24.2 Å². The minimum absolute atomic E-state index is 0.239. The fourth-order valence-corrected chi connectivity index (χ4v) is 3.85. The SMILES string of the molecule is CCS[C@@H]1CC[C@H](N(C)C(=O)CCc2ccco2)C1. The summed E-state index contributed by atoms with van der Waals surface area (Å²) >= 11 is 2.03. The fraction of sp³-hybridized carbons (Fsp3) is 0.667. The van der Waals surface area contributed by atoms with Crippen molar-refractivity contribution in [3.63, 3.8) is 0 Å². The second kappa shape index (κ2) is 7.04. The van der Waals surface area contributed by atoms with Crippen LogP contribution in [0, 0.1) is 0 Å². The summed E-state index contributed by atoms with van der Waals surface area (Å²) in [6.07, 6.45) is 6.47. The molecule has 1 saturated carbocycles. The van der Waals surface area contributed by atoms with Gasteiger partial charge in [-0.05, 0) is 37.1 Å². The first-order valence-corrected chi connectivity index (χ1v) is 8.15. The number of thioether (sulfide) groups is 1. The number of furan rings is 1. The summed E-state index contributed by atoms with van der Waals surface area (Å²) in [5.74, 6) is 2.31. The van der Waals surface area contributed by atoms with Gasteiger partial charge in [0.15, 0.2) is 0 Å². The topological polar surface area (TPSA) is 33.5 Å². The molecule has 0 radical (unpaired) electrons. The van der Waals surface area contributed by atoms with Gasteiger partial charge < -0.3 is 9.32 Å². The Hall–Kier alpha value is -0.900. The minimum Gasteiger partial charge on any atom is -0.469 e. The van der Waals surface area contributed by atoms with E-state index in [9.17, 15) is 4.79 Å². The summed E-state index contributed by atoms with van der Waals surface area (Å²) in [5, 5.41) is 0.746. The normalized spacial score (nSPS) is 22.6. The highest BCUT2D eigenvalue weighted by Gasteiger charge is 2.29. The molecule has 1 amide bonds. The average molecular weight is 281 g/mol. The Balaban J connectivity index is 1.76. The van der Waals surface area contributed by atoms with Gasteiger partial charge in [0.05, 0.1) is 6.26 Å². The Labute approximate surface area is 119 Å². The molecule has 1 aromatic heterocycles. The lowest BCUT2D eigenvalue weighted by Crippen LogP contribution is -2.35. The molecule has 0 saturated heterocycles. The number of aryl methyl sites for hydroxylation is 1. The number of hydrogen-bond acceptors (Lipinski definition) is 3. The lowest BCUT2D eigenvalue weighted by molar-refractivity contribution is -0.131. The first-order chi connectivity index (χ1) is 9.20. The number of carbonyl (C=O) groups excluding carboxylic acids is 1. The second-order valence-electron chi connectivity index (χ2n) is 5.13. The van der Waals surface area contributed by atoms with Crippen LogP contribution in [0.3, 0.4) is 0 Å². The minimum atomic E-state index is 0.239. The summed E-state index contributed by atoms with van der Waals surface area (Å²) in [5.41, 5.74) is 0. The molecule has 1 aromatic rings. The molecule has 2 rings (SSSR count). The molecule has 0 spiro atoms. The Morgan fingerprint density at radius 1 is 1.53 bits per heavy atom. The number of carbonyl (C=O) groups is 1. The average Bonchev–Trinajstić information content (AvgIpc) is 3.06. The van der Waals surface area contributed by atoms with Crippen molar-refractivity contribution in [1.29, 1.82) is 0 Å². The third-order valence-electron chi connectivity index (χ3n) is 3.87. The van der Waals surface area contributed by atoms with Crippen molar-refractivity contribution in [2.45, 2.75) is 50.3 Å². The van der Waals surface area contributed by atoms with Gasteiger partial charge >= 0.3 is 0 Å². The van der Waals surface area contributed by atoms with Crippen molar-refractivity contribution in [2.75, 3.05) is 12.8 Å². The van der Waals surface area contributed by atoms with Crippen molar-refractivity contribution in [1.82, 2.24) is 4.90 Å². The largest absolute Gasteiger partial charge is 0.469 e. The molecule has 2 atom stereocenters. The van der Waals surface area contributed by atoms with Crippen LogP contribution >= 0.6 is 11.8 Å². The number of rotatable bonds is 6. The quantitative estimate of drug-likeness (QED) is 0.802. The molecule has 1 aliphatic rings. The predicted octanol–water partition coefficient (Wildman–Crippen LogP) is 3.34. The smallest absolute Gasteiger partial charge is 0.223 e. The summed E-state index contributed by atoms with van der Waals surface area (Å²) in [4.78, 5) is 14.1. The van der Waals surface area contributed by atoms with Crippen LogP contribution in [-0.2, 0) is 11.2 Å². The van der Waals surface area contributed by atoms with Crippen LogP contribution in [0.1, 0.15) is 38.4 Å². The van der Waals surface area contributed by atoms with Gasteiger partial charge in [-0.3, -0.25) is 4.79 Å². The fourth-order valence-electron chi connectivity index (χ4n) is 2.72. The van der Waals surface area contributed by atoms with E-state index in [4.69, 9.17) is 4.42 Å². The molecule has 0 aliphatic heterocycles. The monoisotopic (exact) mass is 281 g/mol. The summed E-state index contributed by atoms with van der Waals surface area (Å²) < 4.78 is 5.26. The molecule has 1 aliphatic carbocycles. The number of hydrogen-bond donors (Lipinski definition) is 0. The van der Waals surface area contributed by atoms with Crippen molar-refractivity contribution >= 4 is 17.7 Å². The van der Waals surface area contributed by atoms with Crippen LogP contribution in [0.2, 0.25) is 0 Å². The van der Waals surface area contributed by atoms with Gasteiger partial charge in [-0.2, -0.15) is 11.8 Å². The Morgan fingerprint density at radius 2 is 2.37 bits per heavy atom. The van der Waals surface area contributed by atoms with Gasteiger partial charge in [0.25, 0.3) is 0 Å². The van der Waals surface area contributed by atoms with E-state index in [2.05, 4.69) is 6.92 Å². The number of amides is 1. The molecule has 1 fully saturated rings.